The van der Waals surface area contributed by atoms with E-state index in [4.69, 9.17) is 0 Å². The summed E-state index contributed by atoms with van der Waals surface area (Å²) in [7, 11) is -3.26. The Morgan fingerprint density at radius 1 is 0.571 bits per heavy atom. The molecule has 3 heteroatoms. The first-order valence-electron chi connectivity index (χ1n) is 14.5. The highest BCUT2D eigenvalue weighted by atomic mass is 32.2. The lowest BCUT2D eigenvalue weighted by atomic mass is 9.87. The summed E-state index contributed by atoms with van der Waals surface area (Å²) in [6, 6.07) is 19.8. The molecule has 0 spiro atoms. The molecule has 2 nitrogen and oxygen atoms in total. The van der Waals surface area contributed by atoms with Gasteiger partial charge in [0, 0.05) is 0 Å². The Morgan fingerprint density at radius 3 is 1.34 bits per heavy atom. The summed E-state index contributed by atoms with van der Waals surface area (Å²) in [5.74, 6) is 0.474. The molecular weight excluding hydrogens is 448 g/mol. The summed E-state index contributed by atoms with van der Waals surface area (Å²) in [4.78, 5) is 0. The van der Waals surface area contributed by atoms with Crippen LogP contribution in [-0.4, -0.2) is 8.42 Å². The largest absolute Gasteiger partial charge is 0.228 e. The maximum Gasteiger partial charge on any atom is 0.164 e. The van der Waals surface area contributed by atoms with Gasteiger partial charge in [0.25, 0.3) is 0 Å². The van der Waals surface area contributed by atoms with Gasteiger partial charge < -0.3 is 0 Å². The van der Waals surface area contributed by atoms with E-state index in [0.29, 0.717) is 5.92 Å². The number of rotatable bonds is 16. The number of benzene rings is 2. The Bertz CT molecular complexity index is 852. The van der Waals surface area contributed by atoms with Crippen LogP contribution >= 0.6 is 0 Å². The van der Waals surface area contributed by atoms with Crippen molar-refractivity contribution < 1.29 is 8.42 Å². The molecule has 1 aliphatic heterocycles. The normalized spacial score (nSPS) is 21.7. The fraction of sp³-hybridized carbons (Fsp3) is 0.625. The van der Waals surface area contributed by atoms with Gasteiger partial charge in [-0.3, -0.25) is 0 Å². The van der Waals surface area contributed by atoms with Crippen LogP contribution in [-0.2, 0) is 9.84 Å². The number of unbranched alkanes of at least 4 members (excludes halogenated alkanes) is 12. The lowest BCUT2D eigenvalue weighted by Crippen LogP contribution is -2.30. The van der Waals surface area contributed by atoms with E-state index >= 15 is 0 Å². The lowest BCUT2D eigenvalue weighted by molar-refractivity contribution is 0.359. The Balaban J connectivity index is 1.42. The summed E-state index contributed by atoms with van der Waals surface area (Å²) in [6.07, 6.45) is 20.5. The van der Waals surface area contributed by atoms with Gasteiger partial charge in [0.1, 0.15) is 0 Å². The molecule has 0 N–H and O–H groups in total. The highest BCUT2D eigenvalue weighted by molar-refractivity contribution is 7.92. The van der Waals surface area contributed by atoms with Gasteiger partial charge in [-0.2, -0.15) is 0 Å². The van der Waals surface area contributed by atoms with Gasteiger partial charge in [0.15, 0.2) is 9.84 Å². The molecule has 1 fully saturated rings. The summed E-state index contributed by atoms with van der Waals surface area (Å²) in [5, 5.41) is -0.760. The highest BCUT2D eigenvalue weighted by Crippen LogP contribution is 2.48. The molecule has 2 atom stereocenters. The van der Waals surface area contributed by atoms with Crippen LogP contribution in [0.5, 0.6) is 0 Å². The van der Waals surface area contributed by atoms with E-state index in [0.717, 1.165) is 30.4 Å². The molecule has 0 bridgehead atoms. The molecule has 0 saturated carbocycles. The SMILES string of the molecule is CCCCCCCCCCCCCCCC1CC(c2ccccc2)S(=O)(=O)C(c2ccccc2)C1. The van der Waals surface area contributed by atoms with E-state index in [9.17, 15) is 8.42 Å². The predicted octanol–water partition coefficient (Wildman–Crippen LogP) is 9.78. The maximum atomic E-state index is 13.6. The van der Waals surface area contributed by atoms with Crippen molar-refractivity contribution in [2.75, 3.05) is 0 Å². The Morgan fingerprint density at radius 2 is 0.943 bits per heavy atom. The second-order valence-electron chi connectivity index (χ2n) is 10.8. The van der Waals surface area contributed by atoms with Gasteiger partial charge in [-0.1, -0.05) is 157 Å². The van der Waals surface area contributed by atoms with E-state index in [-0.39, 0.29) is 10.5 Å². The summed E-state index contributed by atoms with van der Waals surface area (Å²) >= 11 is 0. The van der Waals surface area contributed by atoms with E-state index in [2.05, 4.69) is 6.92 Å². The first-order chi connectivity index (χ1) is 17.1. The third-order valence-electron chi connectivity index (χ3n) is 7.95. The van der Waals surface area contributed by atoms with Crippen LogP contribution in [0.1, 0.15) is 131 Å². The predicted molar refractivity (Wildman–Crippen MR) is 150 cm³/mol. The van der Waals surface area contributed by atoms with E-state index in [1.54, 1.807) is 0 Å². The molecule has 3 rings (SSSR count). The van der Waals surface area contributed by atoms with Crippen LogP contribution in [0.15, 0.2) is 60.7 Å². The first-order valence-corrected chi connectivity index (χ1v) is 16.1. The zero-order chi connectivity index (χ0) is 24.8. The Hall–Kier alpha value is -1.61. The minimum atomic E-state index is -3.26. The third-order valence-corrected chi connectivity index (χ3v) is 10.5. The van der Waals surface area contributed by atoms with Gasteiger partial charge >= 0.3 is 0 Å². The monoisotopic (exact) mass is 496 g/mol. The third kappa shape index (κ3) is 9.08. The van der Waals surface area contributed by atoms with Crippen molar-refractivity contribution >= 4 is 9.84 Å². The Labute approximate surface area is 215 Å². The average Bonchev–Trinajstić information content (AvgIpc) is 2.88. The Kier molecular flexibility index (Phi) is 12.4. The van der Waals surface area contributed by atoms with Crippen molar-refractivity contribution in [1.29, 1.82) is 0 Å². The van der Waals surface area contributed by atoms with Gasteiger partial charge in [-0.15, -0.1) is 0 Å². The van der Waals surface area contributed by atoms with Crippen molar-refractivity contribution in [2.24, 2.45) is 5.92 Å². The number of hydrogen-bond donors (Lipinski definition) is 0. The molecule has 35 heavy (non-hydrogen) atoms. The molecule has 0 radical (unpaired) electrons. The quantitative estimate of drug-likeness (QED) is 0.217. The molecule has 0 amide bonds. The second kappa shape index (κ2) is 15.5. The fourth-order valence-electron chi connectivity index (χ4n) is 5.84. The number of sulfone groups is 1. The van der Waals surface area contributed by atoms with Crippen molar-refractivity contribution in [3.63, 3.8) is 0 Å². The zero-order valence-electron chi connectivity index (χ0n) is 22.0. The van der Waals surface area contributed by atoms with Crippen LogP contribution in [0, 0.1) is 5.92 Å². The molecule has 0 aliphatic carbocycles. The number of hydrogen-bond acceptors (Lipinski definition) is 2. The minimum Gasteiger partial charge on any atom is -0.228 e. The van der Waals surface area contributed by atoms with Crippen LogP contribution in [0.4, 0.5) is 0 Å². The molecular formula is C32H48O2S. The zero-order valence-corrected chi connectivity index (χ0v) is 22.9. The summed E-state index contributed by atoms with van der Waals surface area (Å²) in [5.41, 5.74) is 1.92. The van der Waals surface area contributed by atoms with Crippen molar-refractivity contribution in [3.8, 4) is 0 Å². The fourth-order valence-corrected chi connectivity index (χ4v) is 8.39. The van der Waals surface area contributed by atoms with Crippen LogP contribution in [0.2, 0.25) is 0 Å². The van der Waals surface area contributed by atoms with Gasteiger partial charge in [-0.05, 0) is 29.9 Å². The molecule has 1 saturated heterocycles. The van der Waals surface area contributed by atoms with Crippen LogP contribution < -0.4 is 0 Å². The van der Waals surface area contributed by atoms with Gasteiger partial charge in [0.05, 0.1) is 10.5 Å². The average molecular weight is 497 g/mol. The molecule has 1 aliphatic rings. The molecule has 0 aromatic heterocycles. The maximum absolute atomic E-state index is 13.6. The summed E-state index contributed by atoms with van der Waals surface area (Å²) in [6.45, 7) is 2.28. The standard InChI is InChI=1S/C32H48O2S/c1-2-3-4-5-6-7-8-9-10-11-12-13-16-21-28-26-31(29-22-17-14-18-23-29)35(33,34)32(27-28)30-24-19-15-20-25-30/h14-15,17-20,22-25,28,31-32H,2-13,16,21,26-27H2,1H3. The highest BCUT2D eigenvalue weighted by Gasteiger charge is 2.42. The van der Waals surface area contributed by atoms with E-state index < -0.39 is 9.84 Å². The topological polar surface area (TPSA) is 34.1 Å². The van der Waals surface area contributed by atoms with E-state index in [1.807, 2.05) is 60.7 Å². The molecule has 1 heterocycles. The lowest BCUT2D eigenvalue weighted by Gasteiger charge is -2.35. The van der Waals surface area contributed by atoms with Crippen LogP contribution in [0.25, 0.3) is 0 Å². The van der Waals surface area contributed by atoms with Crippen molar-refractivity contribution in [3.05, 3.63) is 71.8 Å². The smallest absolute Gasteiger partial charge is 0.164 e. The molecule has 194 valence electrons. The van der Waals surface area contributed by atoms with E-state index in [1.165, 1.54) is 83.5 Å². The summed E-state index contributed by atoms with van der Waals surface area (Å²) < 4.78 is 27.3. The van der Waals surface area contributed by atoms with Crippen molar-refractivity contribution in [2.45, 2.75) is 120 Å². The van der Waals surface area contributed by atoms with Crippen LogP contribution in [0.3, 0.4) is 0 Å². The van der Waals surface area contributed by atoms with Gasteiger partial charge in [-0.25, -0.2) is 8.42 Å². The molecule has 2 aromatic rings. The van der Waals surface area contributed by atoms with Gasteiger partial charge in [0.2, 0.25) is 0 Å². The molecule has 2 aromatic carbocycles. The van der Waals surface area contributed by atoms with Crippen molar-refractivity contribution in [1.82, 2.24) is 0 Å². The minimum absolute atomic E-state index is 0.380. The molecule has 2 unspecified atom stereocenters. The first kappa shape index (κ1) is 28.0. The second-order valence-corrected chi connectivity index (χ2v) is 13.1.